The minimum absolute atomic E-state index is 0.152. The number of benzene rings is 2. The van der Waals surface area contributed by atoms with E-state index in [9.17, 15) is 14.4 Å². The van der Waals surface area contributed by atoms with Crippen LogP contribution in [0.2, 0.25) is 0 Å². The lowest BCUT2D eigenvalue weighted by atomic mass is 9.96. The van der Waals surface area contributed by atoms with Crippen LogP contribution in [0.4, 0.5) is 11.4 Å². The predicted molar refractivity (Wildman–Crippen MR) is 131 cm³/mol. The fourth-order valence-electron chi connectivity index (χ4n) is 4.01. The Labute approximate surface area is 196 Å². The normalized spacial score (nSPS) is 14.0. The molecule has 1 saturated heterocycles. The maximum absolute atomic E-state index is 13.4. The molecule has 2 aromatic carbocycles. The molecule has 3 amide bonds. The highest BCUT2D eigenvalue weighted by Gasteiger charge is 2.31. The standard InChI is InChI=1S/C25H26N4O3S/c1-16(30)27-23(25(32)29-11-5-6-12-29)19-14-20(26)21(15-18(19)22-10-7-13-33-22)28-24(31)17-8-3-2-4-9-17/h2-4,7-10,13-15,23H,5-6,11-12,26H2,1H3,(H,27,30)(H,28,31). The molecule has 0 spiro atoms. The van der Waals surface area contributed by atoms with Gasteiger partial charge in [0.15, 0.2) is 0 Å². The number of carbonyl (C=O) groups is 3. The summed E-state index contributed by atoms with van der Waals surface area (Å²) in [6.45, 7) is 2.74. The molecular weight excluding hydrogens is 436 g/mol. The molecule has 2 heterocycles. The SMILES string of the molecule is CC(=O)NC(C(=O)N1CCCC1)c1cc(N)c(NC(=O)c2ccccc2)cc1-c1cccs1. The molecule has 4 rings (SSSR count). The second kappa shape index (κ2) is 9.87. The second-order valence-electron chi connectivity index (χ2n) is 7.99. The number of nitrogens with two attached hydrogens (primary N) is 1. The average Bonchev–Trinajstić information content (AvgIpc) is 3.53. The van der Waals surface area contributed by atoms with E-state index in [1.807, 2.05) is 23.6 Å². The molecule has 0 bridgehead atoms. The summed E-state index contributed by atoms with van der Waals surface area (Å²) in [5, 5.41) is 7.64. The first-order chi connectivity index (χ1) is 15.9. The van der Waals surface area contributed by atoms with Gasteiger partial charge in [0.25, 0.3) is 5.91 Å². The second-order valence-corrected chi connectivity index (χ2v) is 8.94. The summed E-state index contributed by atoms with van der Waals surface area (Å²) >= 11 is 1.51. The Morgan fingerprint density at radius 3 is 2.39 bits per heavy atom. The zero-order valence-electron chi connectivity index (χ0n) is 18.3. The third kappa shape index (κ3) is 5.06. The lowest BCUT2D eigenvalue weighted by Gasteiger charge is -2.26. The van der Waals surface area contributed by atoms with E-state index in [2.05, 4.69) is 10.6 Å². The van der Waals surface area contributed by atoms with Crippen molar-refractivity contribution in [2.45, 2.75) is 25.8 Å². The van der Waals surface area contributed by atoms with Crippen molar-refractivity contribution in [3.8, 4) is 10.4 Å². The molecule has 3 aromatic rings. The Morgan fingerprint density at radius 1 is 1.03 bits per heavy atom. The molecule has 1 aliphatic heterocycles. The zero-order valence-corrected chi connectivity index (χ0v) is 19.2. The van der Waals surface area contributed by atoms with Crippen LogP contribution in [0.15, 0.2) is 60.0 Å². The van der Waals surface area contributed by atoms with E-state index in [-0.39, 0.29) is 17.7 Å². The van der Waals surface area contributed by atoms with Crippen molar-refractivity contribution in [3.63, 3.8) is 0 Å². The molecule has 1 unspecified atom stereocenters. The number of rotatable bonds is 6. The first-order valence-corrected chi connectivity index (χ1v) is 11.7. The summed E-state index contributed by atoms with van der Waals surface area (Å²) in [4.78, 5) is 40.8. The molecule has 1 fully saturated rings. The Balaban J connectivity index is 1.76. The number of amides is 3. The Morgan fingerprint density at radius 2 is 1.76 bits per heavy atom. The lowest BCUT2D eigenvalue weighted by molar-refractivity contribution is -0.135. The fraction of sp³-hybridized carbons (Fsp3) is 0.240. The number of nitrogen functional groups attached to an aromatic ring is 1. The molecule has 1 atom stereocenters. The first kappa shape index (κ1) is 22.5. The van der Waals surface area contributed by atoms with Crippen molar-refractivity contribution in [2.75, 3.05) is 24.1 Å². The van der Waals surface area contributed by atoms with E-state index in [0.717, 1.165) is 23.3 Å². The molecule has 1 aliphatic rings. The molecular formula is C25H26N4O3S. The van der Waals surface area contributed by atoms with Gasteiger partial charge in [0, 0.05) is 30.5 Å². The molecule has 4 N–H and O–H groups in total. The van der Waals surface area contributed by atoms with Crippen LogP contribution in [-0.4, -0.2) is 35.7 Å². The van der Waals surface area contributed by atoms with Crippen LogP contribution in [0.5, 0.6) is 0 Å². The number of carbonyl (C=O) groups excluding carboxylic acids is 3. The van der Waals surface area contributed by atoms with Gasteiger partial charge < -0.3 is 21.3 Å². The summed E-state index contributed by atoms with van der Waals surface area (Å²) in [5.41, 5.74) is 8.98. The molecule has 33 heavy (non-hydrogen) atoms. The number of nitrogens with zero attached hydrogens (tertiary/aromatic N) is 1. The number of anilines is 2. The van der Waals surface area contributed by atoms with E-state index in [0.29, 0.717) is 35.6 Å². The molecule has 0 radical (unpaired) electrons. The summed E-state index contributed by atoms with van der Waals surface area (Å²) in [7, 11) is 0. The number of hydrogen-bond acceptors (Lipinski definition) is 5. The monoisotopic (exact) mass is 462 g/mol. The lowest BCUT2D eigenvalue weighted by Crippen LogP contribution is -2.41. The van der Waals surface area contributed by atoms with E-state index < -0.39 is 6.04 Å². The van der Waals surface area contributed by atoms with Gasteiger partial charge in [0.05, 0.1) is 11.4 Å². The number of likely N-dealkylation sites (tertiary alicyclic amines) is 1. The van der Waals surface area contributed by atoms with E-state index in [4.69, 9.17) is 5.73 Å². The van der Waals surface area contributed by atoms with Gasteiger partial charge >= 0.3 is 0 Å². The largest absolute Gasteiger partial charge is 0.397 e. The van der Waals surface area contributed by atoms with Gasteiger partial charge in [-0.1, -0.05) is 24.3 Å². The highest BCUT2D eigenvalue weighted by atomic mass is 32.1. The molecule has 0 saturated carbocycles. The van der Waals surface area contributed by atoms with Crippen molar-refractivity contribution >= 4 is 40.4 Å². The van der Waals surface area contributed by atoms with E-state index in [1.165, 1.54) is 18.3 Å². The van der Waals surface area contributed by atoms with Crippen LogP contribution in [0.3, 0.4) is 0 Å². The summed E-state index contributed by atoms with van der Waals surface area (Å²) in [6.07, 6.45) is 1.89. The van der Waals surface area contributed by atoms with Gasteiger partial charge in [-0.05, 0) is 59.7 Å². The van der Waals surface area contributed by atoms with Gasteiger partial charge in [-0.2, -0.15) is 0 Å². The fourth-order valence-corrected chi connectivity index (χ4v) is 4.77. The Hall–Kier alpha value is -3.65. The first-order valence-electron chi connectivity index (χ1n) is 10.8. The zero-order chi connectivity index (χ0) is 23.4. The third-order valence-electron chi connectivity index (χ3n) is 5.62. The maximum Gasteiger partial charge on any atom is 0.255 e. The minimum Gasteiger partial charge on any atom is -0.397 e. The number of hydrogen-bond donors (Lipinski definition) is 3. The van der Waals surface area contributed by atoms with Crippen molar-refractivity contribution in [2.24, 2.45) is 0 Å². The van der Waals surface area contributed by atoms with Crippen molar-refractivity contribution in [3.05, 3.63) is 71.1 Å². The number of thiophene rings is 1. The third-order valence-corrected chi connectivity index (χ3v) is 6.52. The molecule has 0 aliphatic carbocycles. The molecule has 170 valence electrons. The van der Waals surface area contributed by atoms with Crippen LogP contribution in [0.1, 0.15) is 41.7 Å². The van der Waals surface area contributed by atoms with Crippen molar-refractivity contribution in [1.29, 1.82) is 0 Å². The molecule has 8 heteroatoms. The summed E-state index contributed by atoms with van der Waals surface area (Å²) < 4.78 is 0. The van der Waals surface area contributed by atoms with Gasteiger partial charge in [-0.15, -0.1) is 11.3 Å². The van der Waals surface area contributed by atoms with Gasteiger partial charge in [0.2, 0.25) is 11.8 Å². The van der Waals surface area contributed by atoms with Gasteiger partial charge in [-0.3, -0.25) is 14.4 Å². The van der Waals surface area contributed by atoms with Crippen LogP contribution in [0.25, 0.3) is 10.4 Å². The Kier molecular flexibility index (Phi) is 6.74. The topological polar surface area (TPSA) is 105 Å². The van der Waals surface area contributed by atoms with Crippen LogP contribution < -0.4 is 16.4 Å². The van der Waals surface area contributed by atoms with Crippen LogP contribution in [0, 0.1) is 0 Å². The highest BCUT2D eigenvalue weighted by molar-refractivity contribution is 7.13. The minimum atomic E-state index is -0.862. The summed E-state index contributed by atoms with van der Waals surface area (Å²) in [5.74, 6) is -0.732. The highest BCUT2D eigenvalue weighted by Crippen LogP contribution is 2.38. The van der Waals surface area contributed by atoms with Gasteiger partial charge in [-0.25, -0.2) is 0 Å². The van der Waals surface area contributed by atoms with E-state index in [1.54, 1.807) is 41.3 Å². The van der Waals surface area contributed by atoms with Crippen molar-refractivity contribution in [1.82, 2.24) is 10.2 Å². The van der Waals surface area contributed by atoms with Crippen LogP contribution >= 0.6 is 11.3 Å². The summed E-state index contributed by atoms with van der Waals surface area (Å²) in [6, 6.07) is 15.3. The average molecular weight is 463 g/mol. The van der Waals surface area contributed by atoms with Gasteiger partial charge in [0.1, 0.15) is 6.04 Å². The van der Waals surface area contributed by atoms with E-state index >= 15 is 0 Å². The maximum atomic E-state index is 13.4. The number of nitrogens with one attached hydrogen (secondary N) is 2. The predicted octanol–water partition coefficient (Wildman–Crippen LogP) is 4.05. The van der Waals surface area contributed by atoms with Crippen molar-refractivity contribution < 1.29 is 14.4 Å². The Bertz CT molecular complexity index is 1160. The van der Waals surface area contributed by atoms with Crippen LogP contribution in [-0.2, 0) is 9.59 Å². The smallest absolute Gasteiger partial charge is 0.255 e. The quantitative estimate of drug-likeness (QED) is 0.481. The molecule has 1 aromatic heterocycles. The molecule has 7 nitrogen and oxygen atoms in total.